The highest BCUT2D eigenvalue weighted by atomic mass is 16.5. The first-order valence-corrected chi connectivity index (χ1v) is 8.26. The van der Waals surface area contributed by atoms with E-state index in [1.165, 1.54) is 11.8 Å². The molecule has 0 heterocycles. The summed E-state index contributed by atoms with van der Waals surface area (Å²) < 4.78 is 5.33. The number of hydrogen-bond acceptors (Lipinski definition) is 3. The standard InChI is InChI=1S/C20H24N2O3/c1-5-21(17-10-8-9-15(2)13-17)20(24)14-22(16(3)23)18-11-6-7-12-19(18)25-4/h6-13H,5,14H2,1-4H3. The van der Waals surface area contributed by atoms with Crippen LogP contribution in [-0.2, 0) is 9.59 Å². The van der Waals surface area contributed by atoms with E-state index in [4.69, 9.17) is 4.74 Å². The van der Waals surface area contributed by atoms with Crippen LogP contribution in [0.25, 0.3) is 0 Å². The first-order valence-electron chi connectivity index (χ1n) is 8.26. The van der Waals surface area contributed by atoms with E-state index in [-0.39, 0.29) is 18.4 Å². The molecular weight excluding hydrogens is 316 g/mol. The normalized spacial score (nSPS) is 10.2. The molecule has 0 saturated carbocycles. The lowest BCUT2D eigenvalue weighted by atomic mass is 10.2. The number of nitrogens with zero attached hydrogens (tertiary/aromatic N) is 2. The van der Waals surface area contributed by atoms with Crippen LogP contribution in [0, 0.1) is 6.92 Å². The van der Waals surface area contributed by atoms with Gasteiger partial charge in [0, 0.05) is 19.2 Å². The van der Waals surface area contributed by atoms with Crippen molar-refractivity contribution in [2.45, 2.75) is 20.8 Å². The topological polar surface area (TPSA) is 49.9 Å². The number of aryl methyl sites for hydroxylation is 1. The van der Waals surface area contributed by atoms with Crippen molar-refractivity contribution in [1.82, 2.24) is 0 Å². The van der Waals surface area contributed by atoms with Crippen LogP contribution < -0.4 is 14.5 Å². The number of amides is 2. The van der Waals surface area contributed by atoms with Crippen LogP contribution in [0.5, 0.6) is 5.75 Å². The molecule has 132 valence electrons. The molecule has 0 fully saturated rings. The highest BCUT2D eigenvalue weighted by Crippen LogP contribution is 2.28. The van der Waals surface area contributed by atoms with Gasteiger partial charge in [0.15, 0.2) is 0 Å². The largest absolute Gasteiger partial charge is 0.495 e. The van der Waals surface area contributed by atoms with Gasteiger partial charge in [0.1, 0.15) is 12.3 Å². The van der Waals surface area contributed by atoms with Crippen LogP contribution in [0.15, 0.2) is 48.5 Å². The Bertz CT molecular complexity index is 758. The predicted molar refractivity (Wildman–Crippen MR) is 100 cm³/mol. The Hall–Kier alpha value is -2.82. The van der Waals surface area contributed by atoms with Gasteiger partial charge in [-0.2, -0.15) is 0 Å². The Labute approximate surface area is 148 Å². The molecule has 0 saturated heterocycles. The highest BCUT2D eigenvalue weighted by molar-refractivity contribution is 6.03. The Morgan fingerprint density at radius 2 is 1.76 bits per heavy atom. The fourth-order valence-electron chi connectivity index (χ4n) is 2.74. The second kappa shape index (κ2) is 8.33. The highest BCUT2D eigenvalue weighted by Gasteiger charge is 2.22. The minimum absolute atomic E-state index is 0.0442. The number of ether oxygens (including phenoxy) is 1. The Balaban J connectivity index is 2.29. The van der Waals surface area contributed by atoms with Gasteiger partial charge in [0.25, 0.3) is 0 Å². The Morgan fingerprint density at radius 1 is 1.04 bits per heavy atom. The zero-order valence-corrected chi connectivity index (χ0v) is 15.2. The fourth-order valence-corrected chi connectivity index (χ4v) is 2.74. The van der Waals surface area contributed by atoms with Crippen molar-refractivity contribution < 1.29 is 14.3 Å². The minimum atomic E-state index is -0.210. The average Bonchev–Trinajstić information content (AvgIpc) is 2.60. The van der Waals surface area contributed by atoms with Gasteiger partial charge >= 0.3 is 0 Å². The molecular formula is C20H24N2O3. The summed E-state index contributed by atoms with van der Waals surface area (Å²) in [5, 5.41) is 0. The minimum Gasteiger partial charge on any atom is -0.495 e. The summed E-state index contributed by atoms with van der Waals surface area (Å²) in [5.74, 6) is 0.205. The van der Waals surface area contributed by atoms with Crippen LogP contribution in [0.4, 0.5) is 11.4 Å². The average molecular weight is 340 g/mol. The number of anilines is 2. The van der Waals surface area contributed by atoms with Crippen LogP contribution >= 0.6 is 0 Å². The van der Waals surface area contributed by atoms with E-state index in [1.807, 2.05) is 50.2 Å². The summed E-state index contributed by atoms with van der Waals surface area (Å²) in [4.78, 5) is 28.1. The molecule has 0 aliphatic rings. The lowest BCUT2D eigenvalue weighted by molar-refractivity contribution is -0.121. The van der Waals surface area contributed by atoms with Crippen LogP contribution in [0.3, 0.4) is 0 Å². The third-order valence-corrected chi connectivity index (χ3v) is 3.98. The van der Waals surface area contributed by atoms with E-state index in [9.17, 15) is 9.59 Å². The van der Waals surface area contributed by atoms with Gasteiger partial charge < -0.3 is 9.64 Å². The van der Waals surface area contributed by atoms with E-state index >= 15 is 0 Å². The van der Waals surface area contributed by atoms with Gasteiger partial charge in [-0.3, -0.25) is 14.5 Å². The molecule has 0 radical (unpaired) electrons. The zero-order valence-electron chi connectivity index (χ0n) is 15.2. The van der Waals surface area contributed by atoms with Gasteiger partial charge in [0.2, 0.25) is 11.8 Å². The first kappa shape index (κ1) is 18.5. The molecule has 25 heavy (non-hydrogen) atoms. The maximum absolute atomic E-state index is 12.9. The summed E-state index contributed by atoms with van der Waals surface area (Å²) in [6.45, 7) is 5.83. The third kappa shape index (κ3) is 4.38. The van der Waals surface area contributed by atoms with E-state index in [0.29, 0.717) is 18.0 Å². The molecule has 2 amide bonds. The lowest BCUT2D eigenvalue weighted by Gasteiger charge is -2.27. The van der Waals surface area contributed by atoms with Crippen molar-refractivity contribution in [2.24, 2.45) is 0 Å². The molecule has 2 aromatic carbocycles. The number of carbonyl (C=O) groups is 2. The summed E-state index contributed by atoms with van der Waals surface area (Å²) in [6.07, 6.45) is 0. The molecule has 0 spiro atoms. The molecule has 2 aromatic rings. The number of para-hydroxylation sites is 2. The quantitative estimate of drug-likeness (QED) is 0.810. The second-order valence-electron chi connectivity index (χ2n) is 5.75. The molecule has 0 bridgehead atoms. The van der Waals surface area contributed by atoms with Gasteiger partial charge in [-0.1, -0.05) is 24.3 Å². The predicted octanol–water partition coefficient (Wildman–Crippen LogP) is 3.41. The number of rotatable bonds is 6. The fraction of sp³-hybridized carbons (Fsp3) is 0.300. The number of benzene rings is 2. The number of likely N-dealkylation sites (N-methyl/N-ethyl adjacent to an activating group) is 1. The van der Waals surface area contributed by atoms with E-state index in [2.05, 4.69) is 0 Å². The van der Waals surface area contributed by atoms with Crippen LogP contribution in [0.1, 0.15) is 19.4 Å². The second-order valence-corrected chi connectivity index (χ2v) is 5.75. The van der Waals surface area contributed by atoms with E-state index < -0.39 is 0 Å². The molecule has 0 aliphatic carbocycles. The van der Waals surface area contributed by atoms with Crippen molar-refractivity contribution >= 4 is 23.2 Å². The third-order valence-electron chi connectivity index (χ3n) is 3.98. The number of hydrogen-bond donors (Lipinski definition) is 0. The van der Waals surface area contributed by atoms with Gasteiger partial charge in [0.05, 0.1) is 12.8 Å². The molecule has 5 heteroatoms. The molecule has 0 aliphatic heterocycles. The summed E-state index contributed by atoms with van der Waals surface area (Å²) in [7, 11) is 1.55. The zero-order chi connectivity index (χ0) is 18.4. The monoisotopic (exact) mass is 340 g/mol. The van der Waals surface area contributed by atoms with Gasteiger partial charge in [-0.15, -0.1) is 0 Å². The van der Waals surface area contributed by atoms with Gasteiger partial charge in [-0.25, -0.2) is 0 Å². The summed E-state index contributed by atoms with van der Waals surface area (Å²) in [5.41, 5.74) is 2.50. The molecule has 0 unspecified atom stereocenters. The van der Waals surface area contributed by atoms with Crippen molar-refractivity contribution in [3.05, 3.63) is 54.1 Å². The van der Waals surface area contributed by atoms with Gasteiger partial charge in [-0.05, 0) is 43.7 Å². The Morgan fingerprint density at radius 3 is 2.36 bits per heavy atom. The van der Waals surface area contributed by atoms with E-state index in [0.717, 1.165) is 11.3 Å². The molecule has 5 nitrogen and oxygen atoms in total. The molecule has 0 aromatic heterocycles. The summed E-state index contributed by atoms with van der Waals surface area (Å²) >= 11 is 0. The van der Waals surface area contributed by atoms with Crippen molar-refractivity contribution in [1.29, 1.82) is 0 Å². The van der Waals surface area contributed by atoms with Crippen molar-refractivity contribution in [3.63, 3.8) is 0 Å². The maximum Gasteiger partial charge on any atom is 0.247 e. The van der Waals surface area contributed by atoms with Crippen molar-refractivity contribution in [2.75, 3.05) is 30.0 Å². The molecule has 0 N–H and O–H groups in total. The maximum atomic E-state index is 12.9. The number of methoxy groups -OCH3 is 1. The first-order chi connectivity index (χ1) is 12.0. The van der Waals surface area contributed by atoms with Crippen molar-refractivity contribution in [3.8, 4) is 5.75 Å². The summed E-state index contributed by atoms with van der Waals surface area (Å²) in [6, 6.07) is 15.0. The van der Waals surface area contributed by atoms with E-state index in [1.54, 1.807) is 24.1 Å². The Kier molecular flexibility index (Phi) is 6.17. The molecule has 0 atom stereocenters. The van der Waals surface area contributed by atoms with Crippen LogP contribution in [-0.4, -0.2) is 32.0 Å². The smallest absolute Gasteiger partial charge is 0.247 e. The number of carbonyl (C=O) groups excluding carboxylic acids is 2. The van der Waals surface area contributed by atoms with Crippen LogP contribution in [0.2, 0.25) is 0 Å². The molecule has 2 rings (SSSR count). The SMILES string of the molecule is CCN(C(=O)CN(C(C)=O)c1ccccc1OC)c1cccc(C)c1. The lowest BCUT2D eigenvalue weighted by Crippen LogP contribution is -2.42.